The van der Waals surface area contributed by atoms with Gasteiger partial charge in [-0.1, -0.05) is 12.1 Å². The molecule has 0 radical (unpaired) electrons. The molecule has 6 nitrogen and oxygen atoms in total. The van der Waals surface area contributed by atoms with Gasteiger partial charge in [0.15, 0.2) is 0 Å². The Kier molecular flexibility index (Phi) is 4.44. The first kappa shape index (κ1) is 17.7. The number of halogens is 3. The van der Waals surface area contributed by atoms with E-state index in [0.717, 1.165) is 16.4 Å². The van der Waals surface area contributed by atoms with Crippen LogP contribution in [-0.2, 0) is 21.0 Å². The summed E-state index contributed by atoms with van der Waals surface area (Å²) in [5.74, 6) is -1.26. The number of aliphatic carboxylic acids is 1. The molecule has 0 aromatic heterocycles. The van der Waals surface area contributed by atoms with Crippen molar-refractivity contribution in [2.24, 2.45) is 5.73 Å². The Morgan fingerprint density at radius 2 is 1.74 bits per heavy atom. The van der Waals surface area contributed by atoms with Crippen LogP contribution in [0.15, 0.2) is 29.2 Å². The minimum atomic E-state index is -4.81. The van der Waals surface area contributed by atoms with Gasteiger partial charge in [0.05, 0.1) is 10.5 Å². The summed E-state index contributed by atoms with van der Waals surface area (Å²) in [5.41, 5.74) is 2.84. The Hall–Kier alpha value is -1.65. The molecule has 0 saturated carbocycles. The van der Waals surface area contributed by atoms with Gasteiger partial charge in [0, 0.05) is 13.1 Å². The molecule has 1 fully saturated rings. The van der Waals surface area contributed by atoms with Crippen molar-refractivity contribution in [1.82, 2.24) is 4.31 Å². The monoisotopic (exact) mass is 352 g/mol. The second-order valence-corrected chi connectivity index (χ2v) is 7.27. The molecular weight excluding hydrogens is 337 g/mol. The SMILES string of the molecule is NC1(C(=O)O)CCN(S(=O)(=O)c2ccccc2C(F)(F)F)CC1. The Labute approximate surface area is 130 Å². The molecule has 23 heavy (non-hydrogen) atoms. The van der Waals surface area contributed by atoms with Gasteiger partial charge in [-0.05, 0) is 25.0 Å². The first-order valence-electron chi connectivity index (χ1n) is 6.67. The van der Waals surface area contributed by atoms with Gasteiger partial charge in [-0.15, -0.1) is 0 Å². The van der Waals surface area contributed by atoms with Crippen molar-refractivity contribution in [3.63, 3.8) is 0 Å². The summed E-state index contributed by atoms with van der Waals surface area (Å²) in [6.45, 7) is -0.505. The summed E-state index contributed by atoms with van der Waals surface area (Å²) in [6.07, 6.45) is -5.15. The molecule has 0 aliphatic carbocycles. The van der Waals surface area contributed by atoms with E-state index in [0.29, 0.717) is 6.07 Å². The summed E-state index contributed by atoms with van der Waals surface area (Å²) in [5, 5.41) is 9.01. The minimum Gasteiger partial charge on any atom is -0.480 e. The summed E-state index contributed by atoms with van der Waals surface area (Å²) in [6, 6.07) is 3.89. The zero-order valence-corrected chi connectivity index (χ0v) is 12.7. The zero-order chi connectivity index (χ0) is 17.5. The molecule has 1 saturated heterocycles. The van der Waals surface area contributed by atoms with E-state index in [9.17, 15) is 26.4 Å². The normalized spacial score (nSPS) is 19.5. The Balaban J connectivity index is 2.34. The molecule has 0 atom stereocenters. The van der Waals surface area contributed by atoms with E-state index in [-0.39, 0.29) is 25.9 Å². The standard InChI is InChI=1S/C13H15F3N2O4S/c14-13(15,16)9-3-1-2-4-10(9)23(21,22)18-7-5-12(17,6-8-18)11(19)20/h1-4H,5-8,17H2,(H,19,20). The molecule has 1 aliphatic heterocycles. The third-order valence-electron chi connectivity index (χ3n) is 3.85. The number of nitrogens with zero attached hydrogens (tertiary/aromatic N) is 1. The number of nitrogens with two attached hydrogens (primary N) is 1. The highest BCUT2D eigenvalue weighted by atomic mass is 32.2. The summed E-state index contributed by atoms with van der Waals surface area (Å²) < 4.78 is 64.8. The molecule has 0 bridgehead atoms. The van der Waals surface area contributed by atoms with E-state index < -0.39 is 38.2 Å². The minimum absolute atomic E-state index is 0.171. The van der Waals surface area contributed by atoms with Crippen LogP contribution < -0.4 is 5.73 Å². The van der Waals surface area contributed by atoms with Crippen LogP contribution in [0.2, 0.25) is 0 Å². The average molecular weight is 352 g/mol. The number of carbonyl (C=O) groups is 1. The first-order chi connectivity index (χ1) is 10.5. The van der Waals surface area contributed by atoms with Crippen LogP contribution in [0.3, 0.4) is 0 Å². The molecule has 128 valence electrons. The second kappa shape index (κ2) is 5.77. The predicted octanol–water partition coefficient (Wildman–Crippen LogP) is 1.27. The number of hydrogen-bond acceptors (Lipinski definition) is 4. The number of benzene rings is 1. The van der Waals surface area contributed by atoms with E-state index >= 15 is 0 Å². The number of alkyl halides is 3. The van der Waals surface area contributed by atoms with Crippen LogP contribution in [0.1, 0.15) is 18.4 Å². The van der Waals surface area contributed by atoms with E-state index in [2.05, 4.69) is 0 Å². The van der Waals surface area contributed by atoms with E-state index in [1.54, 1.807) is 0 Å². The summed E-state index contributed by atoms with van der Waals surface area (Å²) in [7, 11) is -4.39. The number of sulfonamides is 1. The van der Waals surface area contributed by atoms with Crippen molar-refractivity contribution in [3.8, 4) is 0 Å². The Bertz CT molecular complexity index is 710. The zero-order valence-electron chi connectivity index (χ0n) is 11.9. The molecule has 1 aliphatic rings. The van der Waals surface area contributed by atoms with Gasteiger partial charge < -0.3 is 10.8 Å². The maximum atomic E-state index is 13.0. The van der Waals surface area contributed by atoms with Crippen molar-refractivity contribution >= 4 is 16.0 Å². The Morgan fingerprint density at radius 1 is 1.22 bits per heavy atom. The van der Waals surface area contributed by atoms with Crippen LogP contribution in [0.4, 0.5) is 13.2 Å². The number of carboxylic acid groups (broad SMARTS) is 1. The number of piperidine rings is 1. The molecule has 2 rings (SSSR count). The van der Waals surface area contributed by atoms with Crippen LogP contribution in [0.25, 0.3) is 0 Å². The smallest absolute Gasteiger partial charge is 0.417 e. The highest BCUT2D eigenvalue weighted by Crippen LogP contribution is 2.36. The lowest BCUT2D eigenvalue weighted by atomic mass is 9.90. The van der Waals surface area contributed by atoms with Gasteiger partial charge >= 0.3 is 12.1 Å². The van der Waals surface area contributed by atoms with Crippen molar-refractivity contribution in [3.05, 3.63) is 29.8 Å². The lowest BCUT2D eigenvalue weighted by molar-refractivity contribution is -0.144. The molecule has 0 spiro atoms. The first-order valence-corrected chi connectivity index (χ1v) is 8.11. The van der Waals surface area contributed by atoms with E-state index in [1.165, 1.54) is 6.07 Å². The highest BCUT2D eigenvalue weighted by Gasteiger charge is 2.43. The molecule has 0 amide bonds. The lowest BCUT2D eigenvalue weighted by Crippen LogP contribution is -2.56. The van der Waals surface area contributed by atoms with E-state index in [4.69, 9.17) is 10.8 Å². The maximum Gasteiger partial charge on any atom is 0.417 e. The van der Waals surface area contributed by atoms with Crippen LogP contribution >= 0.6 is 0 Å². The van der Waals surface area contributed by atoms with Gasteiger partial charge in [0.1, 0.15) is 5.54 Å². The van der Waals surface area contributed by atoms with Crippen molar-refractivity contribution in [2.75, 3.05) is 13.1 Å². The van der Waals surface area contributed by atoms with Crippen LogP contribution in [0.5, 0.6) is 0 Å². The van der Waals surface area contributed by atoms with Gasteiger partial charge in [0.2, 0.25) is 10.0 Å². The van der Waals surface area contributed by atoms with Gasteiger partial charge in [-0.2, -0.15) is 17.5 Å². The van der Waals surface area contributed by atoms with Gasteiger partial charge in [0.25, 0.3) is 0 Å². The summed E-state index contributed by atoms with van der Waals surface area (Å²) >= 11 is 0. The summed E-state index contributed by atoms with van der Waals surface area (Å²) in [4.78, 5) is 10.2. The van der Waals surface area contributed by atoms with Crippen molar-refractivity contribution < 1.29 is 31.5 Å². The molecule has 1 aromatic rings. The number of rotatable bonds is 3. The molecule has 0 unspecified atom stereocenters. The van der Waals surface area contributed by atoms with E-state index in [1.807, 2.05) is 0 Å². The Morgan fingerprint density at radius 3 is 2.22 bits per heavy atom. The topological polar surface area (TPSA) is 101 Å². The lowest BCUT2D eigenvalue weighted by Gasteiger charge is -2.35. The third kappa shape index (κ3) is 3.33. The average Bonchev–Trinajstić information content (AvgIpc) is 2.46. The molecule has 1 aromatic carbocycles. The number of carboxylic acids is 1. The van der Waals surface area contributed by atoms with Gasteiger partial charge in [-0.25, -0.2) is 8.42 Å². The third-order valence-corrected chi connectivity index (χ3v) is 5.81. The van der Waals surface area contributed by atoms with Crippen molar-refractivity contribution in [2.45, 2.75) is 29.5 Å². The molecule has 10 heteroatoms. The molecule has 3 N–H and O–H groups in total. The molecule has 1 heterocycles. The maximum absolute atomic E-state index is 13.0. The predicted molar refractivity (Wildman–Crippen MR) is 74.0 cm³/mol. The van der Waals surface area contributed by atoms with Crippen molar-refractivity contribution in [1.29, 1.82) is 0 Å². The van der Waals surface area contributed by atoms with Crippen LogP contribution in [-0.4, -0.2) is 42.4 Å². The molecular formula is C13H15F3N2O4S. The largest absolute Gasteiger partial charge is 0.480 e. The second-order valence-electron chi connectivity index (χ2n) is 5.36. The fourth-order valence-corrected chi connectivity index (χ4v) is 4.06. The fourth-order valence-electron chi connectivity index (χ4n) is 2.40. The fraction of sp³-hybridized carbons (Fsp3) is 0.462. The highest BCUT2D eigenvalue weighted by molar-refractivity contribution is 7.89. The van der Waals surface area contributed by atoms with Gasteiger partial charge in [-0.3, -0.25) is 4.79 Å². The quantitative estimate of drug-likeness (QED) is 0.853. The van der Waals surface area contributed by atoms with Crippen LogP contribution in [0, 0.1) is 0 Å². The number of hydrogen-bond donors (Lipinski definition) is 2.